The molecule has 0 fully saturated rings. The van der Waals surface area contributed by atoms with E-state index in [4.69, 9.17) is 4.43 Å². The molecule has 0 bridgehead atoms. The van der Waals surface area contributed by atoms with Gasteiger partial charge < -0.3 is 4.43 Å². The van der Waals surface area contributed by atoms with E-state index in [1.54, 1.807) is 0 Å². The van der Waals surface area contributed by atoms with E-state index in [1.807, 2.05) is 0 Å². The second-order valence-electron chi connectivity index (χ2n) is 7.95. The molecule has 2 aromatic rings. The fourth-order valence-electron chi connectivity index (χ4n) is 3.61. The summed E-state index contributed by atoms with van der Waals surface area (Å²) in [6.45, 7) is 10.1. The van der Waals surface area contributed by atoms with E-state index in [-0.39, 0.29) is 5.04 Å². The molecule has 0 aliphatic carbocycles. The van der Waals surface area contributed by atoms with E-state index < -0.39 is 8.32 Å². The molecule has 1 atom stereocenters. The second-order valence-corrected chi connectivity index (χ2v) is 13.0. The number of halogens is 1. The maximum absolute atomic E-state index is 6.91. The molecule has 1 nitrogen and oxygen atoms in total. The summed E-state index contributed by atoms with van der Waals surface area (Å²) in [7, 11) is -2.36. The Kier molecular flexibility index (Phi) is 8.11. The average Bonchev–Trinajstić information content (AvgIpc) is 2.62. The van der Waals surface area contributed by atoms with Crippen LogP contribution in [0.1, 0.15) is 40.5 Å². The topological polar surface area (TPSA) is 9.23 Å². The Hall–Kier alpha value is -0.913. The van der Waals surface area contributed by atoms with Crippen molar-refractivity contribution in [1.82, 2.24) is 0 Å². The molecule has 0 saturated carbocycles. The largest absolute Gasteiger partial charge is 0.407 e. The normalized spacial score (nSPS) is 13.9. The van der Waals surface area contributed by atoms with E-state index in [1.165, 1.54) is 10.4 Å². The summed E-state index contributed by atoms with van der Waals surface area (Å²) >= 11 is 2.30. The van der Waals surface area contributed by atoms with Crippen molar-refractivity contribution in [3.05, 3.63) is 70.8 Å². The van der Waals surface area contributed by atoms with Crippen LogP contribution in [-0.2, 0) is 4.43 Å². The van der Waals surface area contributed by atoms with Crippen LogP contribution in [0.5, 0.6) is 0 Å². The first-order chi connectivity index (χ1) is 12.4. The summed E-state index contributed by atoms with van der Waals surface area (Å²) in [4.78, 5) is 0. The Balaban J connectivity index is 2.35. The van der Waals surface area contributed by atoms with Gasteiger partial charge in [0, 0.05) is 6.61 Å². The summed E-state index contributed by atoms with van der Waals surface area (Å²) < 4.78 is 9.02. The van der Waals surface area contributed by atoms with Crippen LogP contribution in [0.2, 0.25) is 5.04 Å². The maximum Gasteiger partial charge on any atom is 0.261 e. The van der Waals surface area contributed by atoms with Crippen molar-refractivity contribution in [2.24, 2.45) is 5.92 Å². The molecule has 0 amide bonds. The lowest BCUT2D eigenvalue weighted by atomic mass is 10.1. The lowest BCUT2D eigenvalue weighted by molar-refractivity contribution is 0.283. The van der Waals surface area contributed by atoms with Gasteiger partial charge >= 0.3 is 0 Å². The van der Waals surface area contributed by atoms with Crippen LogP contribution in [0, 0.1) is 5.92 Å². The third kappa shape index (κ3) is 5.08. The van der Waals surface area contributed by atoms with E-state index >= 15 is 0 Å². The highest BCUT2D eigenvalue weighted by Crippen LogP contribution is 2.36. The molecule has 0 aliphatic rings. The van der Waals surface area contributed by atoms with E-state index in [9.17, 15) is 0 Å². The Morgan fingerprint density at radius 3 is 1.88 bits per heavy atom. The summed E-state index contributed by atoms with van der Waals surface area (Å²) in [6, 6.07) is 21.8. The SMILES string of the molecule is C[C@H](/C=C/I)CCCO[Si](c1ccccc1)(c1ccccc1)C(C)(C)C. The lowest BCUT2D eigenvalue weighted by Crippen LogP contribution is -2.66. The van der Waals surface area contributed by atoms with Crippen molar-refractivity contribution in [3.8, 4) is 0 Å². The zero-order valence-electron chi connectivity index (χ0n) is 16.4. The fraction of sp³-hybridized carbons (Fsp3) is 0.391. The number of hydrogen-bond donors (Lipinski definition) is 0. The number of allylic oxidation sites excluding steroid dienone is 1. The summed E-state index contributed by atoms with van der Waals surface area (Å²) in [5.74, 6) is 0.606. The third-order valence-electron chi connectivity index (χ3n) is 4.94. The van der Waals surface area contributed by atoms with Gasteiger partial charge in [0.25, 0.3) is 8.32 Å². The first-order valence-corrected chi connectivity index (χ1v) is 12.6. The highest BCUT2D eigenvalue weighted by atomic mass is 127. The van der Waals surface area contributed by atoms with Crippen LogP contribution >= 0.6 is 22.6 Å². The van der Waals surface area contributed by atoms with Crippen molar-refractivity contribution in [2.45, 2.75) is 45.6 Å². The molecule has 0 spiro atoms. The van der Waals surface area contributed by atoms with Gasteiger partial charge in [0.2, 0.25) is 0 Å². The van der Waals surface area contributed by atoms with E-state index in [0.717, 1.165) is 19.4 Å². The van der Waals surface area contributed by atoms with Gasteiger partial charge in [-0.3, -0.25) is 0 Å². The van der Waals surface area contributed by atoms with Gasteiger partial charge in [0.1, 0.15) is 0 Å². The van der Waals surface area contributed by atoms with E-state index in [2.05, 4.69) is 121 Å². The van der Waals surface area contributed by atoms with Gasteiger partial charge in [0.15, 0.2) is 0 Å². The minimum absolute atomic E-state index is 0.0590. The molecule has 3 heteroatoms. The predicted molar refractivity (Wildman–Crippen MR) is 125 cm³/mol. The van der Waals surface area contributed by atoms with Crippen LogP contribution in [0.4, 0.5) is 0 Å². The van der Waals surface area contributed by atoms with Gasteiger partial charge in [-0.05, 0) is 38.3 Å². The molecule has 140 valence electrons. The molecule has 0 unspecified atom stereocenters. The number of hydrogen-bond acceptors (Lipinski definition) is 1. The van der Waals surface area contributed by atoms with Crippen LogP contribution in [-0.4, -0.2) is 14.9 Å². The van der Waals surface area contributed by atoms with Gasteiger partial charge in [-0.15, -0.1) is 0 Å². The molecule has 0 saturated heterocycles. The van der Waals surface area contributed by atoms with Gasteiger partial charge in [-0.2, -0.15) is 0 Å². The Morgan fingerprint density at radius 2 is 1.46 bits per heavy atom. The molecule has 26 heavy (non-hydrogen) atoms. The van der Waals surface area contributed by atoms with Gasteiger partial charge in [-0.25, -0.2) is 0 Å². The second kappa shape index (κ2) is 9.86. The van der Waals surface area contributed by atoms with Crippen LogP contribution in [0.25, 0.3) is 0 Å². The van der Waals surface area contributed by atoms with Crippen molar-refractivity contribution in [3.63, 3.8) is 0 Å². The third-order valence-corrected chi connectivity index (χ3v) is 10.4. The molecule has 0 aliphatic heterocycles. The zero-order valence-corrected chi connectivity index (χ0v) is 19.6. The standard InChI is InChI=1S/C23H31IOSi/c1-20(17-18-24)12-11-19-25-26(23(2,3)4,21-13-7-5-8-14-21)22-15-9-6-10-16-22/h5-10,13-18,20H,11-12,19H2,1-4H3/b18-17+/t20-/m0/s1. The molecule has 0 radical (unpaired) electrons. The van der Waals surface area contributed by atoms with Crippen molar-refractivity contribution >= 4 is 41.3 Å². The first kappa shape index (κ1) is 21.4. The van der Waals surface area contributed by atoms with Crippen LogP contribution in [0.15, 0.2) is 70.8 Å². The molecule has 2 rings (SSSR count). The summed E-state index contributed by atoms with van der Waals surface area (Å²) in [5.41, 5.74) is 0. The molecule has 0 N–H and O–H groups in total. The fourth-order valence-corrected chi connectivity index (χ4v) is 8.93. The van der Waals surface area contributed by atoms with Crippen molar-refractivity contribution in [1.29, 1.82) is 0 Å². The number of benzene rings is 2. The molecular weight excluding hydrogens is 447 g/mol. The summed E-state index contributed by atoms with van der Waals surface area (Å²) in [5, 5.41) is 2.78. The highest BCUT2D eigenvalue weighted by molar-refractivity contribution is 14.1. The first-order valence-electron chi connectivity index (χ1n) is 9.43. The lowest BCUT2D eigenvalue weighted by Gasteiger charge is -2.43. The molecule has 0 aromatic heterocycles. The minimum atomic E-state index is -2.36. The van der Waals surface area contributed by atoms with Gasteiger partial charge in [0.05, 0.1) is 0 Å². The quantitative estimate of drug-likeness (QED) is 0.260. The maximum atomic E-state index is 6.91. The smallest absolute Gasteiger partial charge is 0.261 e. The minimum Gasteiger partial charge on any atom is -0.407 e. The van der Waals surface area contributed by atoms with Crippen molar-refractivity contribution in [2.75, 3.05) is 6.61 Å². The molecule has 2 aromatic carbocycles. The van der Waals surface area contributed by atoms with E-state index in [0.29, 0.717) is 5.92 Å². The van der Waals surface area contributed by atoms with Crippen LogP contribution < -0.4 is 10.4 Å². The average molecular weight is 478 g/mol. The van der Waals surface area contributed by atoms with Gasteiger partial charge in [-0.1, -0.05) is 117 Å². The monoisotopic (exact) mass is 478 g/mol. The molecular formula is C23H31IOSi. The van der Waals surface area contributed by atoms with Crippen molar-refractivity contribution < 1.29 is 4.43 Å². The predicted octanol–water partition coefficient (Wildman–Crippen LogP) is 5.93. The summed E-state index contributed by atoms with van der Waals surface area (Å²) in [6.07, 6.45) is 4.52. The Bertz CT molecular complexity index is 637. The Labute approximate surface area is 174 Å². The zero-order chi connectivity index (χ0) is 19.0. The Morgan fingerprint density at radius 1 is 0.962 bits per heavy atom. The molecule has 0 heterocycles. The highest BCUT2D eigenvalue weighted by Gasteiger charge is 2.49. The van der Waals surface area contributed by atoms with Crippen LogP contribution in [0.3, 0.4) is 0 Å². The number of rotatable bonds is 8.